The van der Waals surface area contributed by atoms with Crippen LogP contribution < -0.4 is 5.32 Å². The van der Waals surface area contributed by atoms with Crippen LogP contribution in [0.5, 0.6) is 11.5 Å². The topological polar surface area (TPSA) is 72.7 Å². The Morgan fingerprint density at radius 3 is 2.62 bits per heavy atom. The van der Waals surface area contributed by atoms with Gasteiger partial charge in [0.2, 0.25) is 0 Å². The Bertz CT molecular complexity index is 284. The average molecular weight is 183 g/mol. The molecule has 0 fully saturated rings. The molecule has 1 aromatic carbocycles. The van der Waals surface area contributed by atoms with Crippen LogP contribution in [0.25, 0.3) is 0 Å². The second-order valence-electron chi connectivity index (χ2n) is 2.77. The van der Waals surface area contributed by atoms with Crippen LogP contribution in [-0.2, 0) is 0 Å². The van der Waals surface area contributed by atoms with E-state index in [1.54, 1.807) is 7.05 Å². The van der Waals surface area contributed by atoms with Crippen molar-refractivity contribution in [3.63, 3.8) is 0 Å². The van der Waals surface area contributed by atoms with Gasteiger partial charge in [-0.15, -0.1) is 0 Å². The number of nitrogens with one attached hydrogen (secondary N) is 1. The molecule has 4 heteroatoms. The summed E-state index contributed by atoms with van der Waals surface area (Å²) in [6.07, 6.45) is 0. The van der Waals surface area contributed by atoms with E-state index in [9.17, 15) is 5.11 Å². The van der Waals surface area contributed by atoms with Crippen molar-refractivity contribution in [3.8, 4) is 11.5 Å². The summed E-state index contributed by atoms with van der Waals surface area (Å²) in [6.45, 7) is -0.131. The summed E-state index contributed by atoms with van der Waals surface area (Å²) >= 11 is 0. The lowest BCUT2D eigenvalue weighted by Gasteiger charge is -2.14. The Morgan fingerprint density at radius 1 is 1.38 bits per heavy atom. The molecular weight excluding hydrogens is 170 g/mol. The van der Waals surface area contributed by atoms with Crippen molar-refractivity contribution in [3.05, 3.63) is 23.8 Å². The molecule has 0 aliphatic heterocycles. The van der Waals surface area contributed by atoms with Crippen molar-refractivity contribution in [1.82, 2.24) is 5.32 Å². The van der Waals surface area contributed by atoms with Gasteiger partial charge in [0.25, 0.3) is 0 Å². The van der Waals surface area contributed by atoms with Crippen molar-refractivity contribution < 1.29 is 15.3 Å². The van der Waals surface area contributed by atoms with E-state index in [1.807, 2.05) is 0 Å². The number of hydrogen-bond donors (Lipinski definition) is 4. The van der Waals surface area contributed by atoms with Crippen LogP contribution in [0, 0.1) is 0 Å². The van der Waals surface area contributed by atoms with Crippen LogP contribution in [0.4, 0.5) is 0 Å². The minimum Gasteiger partial charge on any atom is -0.508 e. The lowest BCUT2D eigenvalue weighted by atomic mass is 10.1. The van der Waals surface area contributed by atoms with Gasteiger partial charge in [-0.05, 0) is 25.2 Å². The number of hydrogen-bond acceptors (Lipinski definition) is 4. The first kappa shape index (κ1) is 9.83. The van der Waals surface area contributed by atoms with Gasteiger partial charge < -0.3 is 20.6 Å². The Balaban J connectivity index is 3.03. The third-order valence-corrected chi connectivity index (χ3v) is 1.92. The predicted octanol–water partition coefficient (Wildman–Crippen LogP) is 0.351. The van der Waals surface area contributed by atoms with Gasteiger partial charge in [-0.25, -0.2) is 0 Å². The molecule has 0 heterocycles. The maximum atomic E-state index is 9.41. The van der Waals surface area contributed by atoms with Gasteiger partial charge >= 0.3 is 0 Å². The zero-order valence-electron chi connectivity index (χ0n) is 7.36. The number of phenols is 2. The van der Waals surface area contributed by atoms with Crippen LogP contribution in [0.2, 0.25) is 0 Å². The fraction of sp³-hybridized carbons (Fsp3) is 0.333. The van der Waals surface area contributed by atoms with E-state index >= 15 is 0 Å². The summed E-state index contributed by atoms with van der Waals surface area (Å²) in [4.78, 5) is 0. The summed E-state index contributed by atoms with van der Waals surface area (Å²) in [5.74, 6) is 0.132. The third-order valence-electron chi connectivity index (χ3n) is 1.92. The highest BCUT2D eigenvalue weighted by Crippen LogP contribution is 2.27. The van der Waals surface area contributed by atoms with E-state index in [0.29, 0.717) is 5.56 Å². The zero-order valence-corrected chi connectivity index (χ0v) is 7.36. The molecule has 1 atom stereocenters. The van der Waals surface area contributed by atoms with E-state index in [1.165, 1.54) is 18.2 Å². The van der Waals surface area contributed by atoms with E-state index in [4.69, 9.17) is 10.2 Å². The Hall–Kier alpha value is -1.26. The SMILES string of the molecule is CN[C@@H](CO)c1cc(O)ccc1O. The van der Waals surface area contributed by atoms with Crippen LogP contribution >= 0.6 is 0 Å². The smallest absolute Gasteiger partial charge is 0.120 e. The van der Waals surface area contributed by atoms with E-state index < -0.39 is 0 Å². The largest absolute Gasteiger partial charge is 0.508 e. The first-order chi connectivity index (χ1) is 6.19. The molecule has 1 rings (SSSR count). The highest BCUT2D eigenvalue weighted by Gasteiger charge is 2.12. The lowest BCUT2D eigenvalue weighted by molar-refractivity contribution is 0.248. The Labute approximate surface area is 76.5 Å². The number of likely N-dealkylation sites (N-methyl/N-ethyl adjacent to an activating group) is 1. The van der Waals surface area contributed by atoms with Crippen LogP contribution in [0.3, 0.4) is 0 Å². The zero-order chi connectivity index (χ0) is 9.84. The van der Waals surface area contributed by atoms with E-state index in [-0.39, 0.29) is 24.1 Å². The van der Waals surface area contributed by atoms with Crippen molar-refractivity contribution in [1.29, 1.82) is 0 Å². The number of aliphatic hydroxyl groups is 1. The van der Waals surface area contributed by atoms with Crippen LogP contribution in [0.1, 0.15) is 11.6 Å². The molecule has 0 radical (unpaired) electrons. The van der Waals surface area contributed by atoms with Gasteiger partial charge in [0.1, 0.15) is 11.5 Å². The number of aliphatic hydroxyl groups excluding tert-OH is 1. The van der Waals surface area contributed by atoms with E-state index in [0.717, 1.165) is 0 Å². The summed E-state index contributed by atoms with van der Waals surface area (Å²) < 4.78 is 0. The monoisotopic (exact) mass is 183 g/mol. The first-order valence-electron chi connectivity index (χ1n) is 3.99. The highest BCUT2D eigenvalue weighted by molar-refractivity contribution is 5.40. The van der Waals surface area contributed by atoms with Gasteiger partial charge in [0.15, 0.2) is 0 Å². The number of phenolic OH excluding ortho intramolecular Hbond substituents is 2. The molecule has 4 nitrogen and oxygen atoms in total. The molecule has 0 aliphatic rings. The average Bonchev–Trinajstić information content (AvgIpc) is 2.13. The molecule has 0 saturated carbocycles. The predicted molar refractivity (Wildman–Crippen MR) is 48.7 cm³/mol. The minimum absolute atomic E-state index is 0.0613. The molecule has 0 saturated heterocycles. The highest BCUT2D eigenvalue weighted by atomic mass is 16.3. The molecule has 0 spiro atoms. The van der Waals surface area contributed by atoms with Gasteiger partial charge in [-0.3, -0.25) is 0 Å². The Kier molecular flexibility index (Phi) is 3.11. The van der Waals surface area contributed by atoms with Crippen LogP contribution in [0.15, 0.2) is 18.2 Å². The summed E-state index contributed by atoms with van der Waals surface area (Å²) in [5.41, 5.74) is 0.491. The summed E-state index contributed by atoms with van der Waals surface area (Å²) in [5, 5.41) is 30.3. The molecule has 13 heavy (non-hydrogen) atoms. The van der Waals surface area contributed by atoms with Gasteiger partial charge in [-0.1, -0.05) is 0 Å². The fourth-order valence-electron chi connectivity index (χ4n) is 1.17. The van der Waals surface area contributed by atoms with E-state index in [2.05, 4.69) is 5.32 Å². The number of rotatable bonds is 3. The molecule has 1 aromatic rings. The van der Waals surface area contributed by atoms with Gasteiger partial charge in [0.05, 0.1) is 12.6 Å². The molecule has 4 N–H and O–H groups in total. The Morgan fingerprint density at radius 2 is 2.08 bits per heavy atom. The van der Waals surface area contributed by atoms with Crippen molar-refractivity contribution in [2.75, 3.05) is 13.7 Å². The molecule has 0 aromatic heterocycles. The third kappa shape index (κ3) is 2.11. The molecule has 0 bridgehead atoms. The van der Waals surface area contributed by atoms with Crippen LogP contribution in [-0.4, -0.2) is 29.0 Å². The standard InChI is InChI=1S/C9H13NO3/c1-10-8(5-11)7-4-6(12)2-3-9(7)13/h2-4,8,10-13H,5H2,1H3/t8-/m0/s1. The molecule has 0 amide bonds. The number of aromatic hydroxyl groups is 2. The molecule has 72 valence electrons. The maximum Gasteiger partial charge on any atom is 0.120 e. The van der Waals surface area contributed by atoms with Gasteiger partial charge in [-0.2, -0.15) is 0 Å². The summed E-state index contributed by atoms with van der Waals surface area (Å²) in [6, 6.07) is 3.85. The quantitative estimate of drug-likeness (QED) is 0.510. The molecular formula is C9H13NO3. The number of benzene rings is 1. The van der Waals surface area contributed by atoms with Gasteiger partial charge in [0, 0.05) is 5.56 Å². The second-order valence-corrected chi connectivity index (χ2v) is 2.77. The maximum absolute atomic E-state index is 9.41. The summed E-state index contributed by atoms with van der Waals surface area (Å²) in [7, 11) is 1.67. The van der Waals surface area contributed by atoms with Crippen molar-refractivity contribution >= 4 is 0 Å². The first-order valence-corrected chi connectivity index (χ1v) is 3.99. The lowest BCUT2D eigenvalue weighted by Crippen LogP contribution is -2.19. The molecule has 0 aliphatic carbocycles. The minimum atomic E-state index is -0.355. The molecule has 0 unspecified atom stereocenters. The van der Waals surface area contributed by atoms with Crippen molar-refractivity contribution in [2.24, 2.45) is 0 Å². The second kappa shape index (κ2) is 4.11. The normalized spacial score (nSPS) is 12.8. The van der Waals surface area contributed by atoms with Crippen molar-refractivity contribution in [2.45, 2.75) is 6.04 Å². The fourth-order valence-corrected chi connectivity index (χ4v) is 1.17.